The first-order valence-electron chi connectivity index (χ1n) is 11.8. The maximum atomic E-state index is 13.3. The van der Waals surface area contributed by atoms with E-state index < -0.39 is 41.7 Å². The molecule has 0 atom stereocenters. The van der Waals surface area contributed by atoms with Crippen molar-refractivity contribution in [2.45, 2.75) is 91.6 Å². The Kier molecular flexibility index (Phi) is 7.15. The molecule has 0 aromatic carbocycles. The highest BCUT2D eigenvalue weighted by Crippen LogP contribution is 2.37. The van der Waals surface area contributed by atoms with Gasteiger partial charge in [0.15, 0.2) is 17.3 Å². The molecule has 2 aromatic heterocycles. The van der Waals surface area contributed by atoms with Crippen LogP contribution in [0.25, 0.3) is 0 Å². The molecule has 13 heteroatoms. The van der Waals surface area contributed by atoms with Crippen LogP contribution in [0, 0.1) is 11.3 Å². The van der Waals surface area contributed by atoms with E-state index in [0.29, 0.717) is 0 Å². The maximum Gasteiger partial charge on any atom is 0.515 e. The molecule has 0 radical (unpaired) electrons. The van der Waals surface area contributed by atoms with Crippen LogP contribution < -0.4 is 10.5 Å². The zero-order valence-electron chi connectivity index (χ0n) is 22.9. The summed E-state index contributed by atoms with van der Waals surface area (Å²) in [6.07, 6.45) is 0.843. The summed E-state index contributed by atoms with van der Waals surface area (Å²) in [5, 5.41) is 13.5. The standard InChI is InChI=1S/C24H33BN6O6/c1-21(2,3)34-19(32)30(18-14-27-15(12-26)13-28-18)17-11-16(25-36-23(7,8)24(9,10)37-25)31(29-17)20(33)35-22(4,5)6/h11,13-14H,1-10H3. The Hall–Kier alpha value is -3.50. The minimum atomic E-state index is -0.994. The van der Waals surface area contributed by atoms with Crippen LogP contribution in [0.15, 0.2) is 18.5 Å². The fourth-order valence-corrected chi connectivity index (χ4v) is 3.18. The van der Waals surface area contributed by atoms with Gasteiger partial charge in [-0.3, -0.25) is 0 Å². The van der Waals surface area contributed by atoms with E-state index in [1.807, 2.05) is 33.8 Å². The molecule has 1 aliphatic rings. The van der Waals surface area contributed by atoms with Crippen LogP contribution >= 0.6 is 0 Å². The Labute approximate surface area is 217 Å². The molecule has 3 heterocycles. The number of hydrogen-bond acceptors (Lipinski definition) is 10. The van der Waals surface area contributed by atoms with Crippen LogP contribution in [0.2, 0.25) is 0 Å². The lowest BCUT2D eigenvalue weighted by atomic mass is 9.84. The van der Waals surface area contributed by atoms with Gasteiger partial charge in [0.05, 0.1) is 29.2 Å². The molecular formula is C24H33BN6O6. The van der Waals surface area contributed by atoms with E-state index in [9.17, 15) is 9.59 Å². The highest BCUT2D eigenvalue weighted by molar-refractivity contribution is 6.61. The van der Waals surface area contributed by atoms with Gasteiger partial charge in [-0.2, -0.15) is 9.94 Å². The molecule has 37 heavy (non-hydrogen) atoms. The number of aromatic nitrogens is 4. The smallest absolute Gasteiger partial charge is 0.443 e. The second-order valence-corrected chi connectivity index (χ2v) is 11.6. The number of nitriles is 1. The molecule has 3 rings (SSSR count). The molecular weight excluding hydrogens is 479 g/mol. The van der Waals surface area contributed by atoms with E-state index in [1.54, 1.807) is 41.5 Å². The van der Waals surface area contributed by atoms with E-state index in [4.69, 9.17) is 24.0 Å². The molecule has 0 aliphatic carbocycles. The first-order valence-corrected chi connectivity index (χ1v) is 11.8. The van der Waals surface area contributed by atoms with E-state index in [0.717, 1.165) is 9.58 Å². The maximum absolute atomic E-state index is 13.3. The number of carbonyl (C=O) groups is 2. The SMILES string of the molecule is CC(C)(C)OC(=O)N(c1cnc(C#N)cn1)c1cc(B2OC(C)(C)C(C)(C)O2)n(C(=O)OC(C)(C)C)n1. The molecule has 0 N–H and O–H groups in total. The van der Waals surface area contributed by atoms with Crippen molar-refractivity contribution in [3.05, 3.63) is 24.2 Å². The quantitative estimate of drug-likeness (QED) is 0.559. The summed E-state index contributed by atoms with van der Waals surface area (Å²) in [5.74, 6) is 0.0198. The van der Waals surface area contributed by atoms with Gasteiger partial charge in [0.1, 0.15) is 17.3 Å². The molecule has 1 amide bonds. The predicted octanol–water partition coefficient (Wildman–Crippen LogP) is 3.70. The minimum absolute atomic E-state index is 0.0103. The number of rotatable bonds is 3. The summed E-state index contributed by atoms with van der Waals surface area (Å²) in [6.45, 7) is 17.8. The normalized spacial score (nSPS) is 16.7. The van der Waals surface area contributed by atoms with Gasteiger partial charge in [-0.25, -0.2) is 24.5 Å². The van der Waals surface area contributed by atoms with Gasteiger partial charge in [-0.05, 0) is 69.2 Å². The number of ether oxygens (including phenoxy) is 2. The molecule has 0 saturated carbocycles. The predicted molar refractivity (Wildman–Crippen MR) is 135 cm³/mol. The molecule has 2 aromatic rings. The third-order valence-corrected chi connectivity index (χ3v) is 5.57. The Morgan fingerprint density at radius 2 is 1.54 bits per heavy atom. The topological polar surface area (TPSA) is 142 Å². The molecule has 198 valence electrons. The van der Waals surface area contributed by atoms with Gasteiger partial charge < -0.3 is 18.8 Å². The van der Waals surface area contributed by atoms with Crippen LogP contribution in [0.5, 0.6) is 0 Å². The van der Waals surface area contributed by atoms with Gasteiger partial charge in [0, 0.05) is 6.07 Å². The Morgan fingerprint density at radius 3 is 2.00 bits per heavy atom. The summed E-state index contributed by atoms with van der Waals surface area (Å²) >= 11 is 0. The van der Waals surface area contributed by atoms with E-state index in [1.165, 1.54) is 18.5 Å². The van der Waals surface area contributed by atoms with Crippen molar-refractivity contribution in [1.82, 2.24) is 19.7 Å². The fraction of sp³-hybridized carbons (Fsp3) is 0.583. The van der Waals surface area contributed by atoms with Gasteiger partial charge in [0.2, 0.25) is 0 Å². The van der Waals surface area contributed by atoms with Gasteiger partial charge in [-0.1, -0.05) is 0 Å². The Morgan fingerprint density at radius 1 is 0.973 bits per heavy atom. The van der Waals surface area contributed by atoms with Crippen LogP contribution in [0.3, 0.4) is 0 Å². The zero-order chi connectivity index (χ0) is 28.0. The van der Waals surface area contributed by atoms with Crippen LogP contribution in [0.4, 0.5) is 21.2 Å². The van der Waals surface area contributed by atoms with Gasteiger partial charge in [-0.15, -0.1) is 5.10 Å². The Balaban J connectivity index is 2.16. The van der Waals surface area contributed by atoms with Crippen molar-refractivity contribution in [2.24, 2.45) is 0 Å². The lowest BCUT2D eigenvalue weighted by Crippen LogP contribution is -2.43. The molecule has 1 aliphatic heterocycles. The van der Waals surface area contributed by atoms with Crippen molar-refractivity contribution >= 4 is 36.5 Å². The largest absolute Gasteiger partial charge is 0.515 e. The second-order valence-electron chi connectivity index (χ2n) is 11.6. The van der Waals surface area contributed by atoms with Crippen molar-refractivity contribution in [2.75, 3.05) is 4.90 Å². The molecule has 12 nitrogen and oxygen atoms in total. The average Bonchev–Trinajstić information content (AvgIpc) is 3.24. The van der Waals surface area contributed by atoms with E-state index >= 15 is 0 Å². The van der Waals surface area contributed by atoms with Crippen molar-refractivity contribution in [3.8, 4) is 6.07 Å². The molecule has 0 bridgehead atoms. The highest BCUT2D eigenvalue weighted by atomic mass is 16.7. The highest BCUT2D eigenvalue weighted by Gasteiger charge is 2.53. The Bertz CT molecular complexity index is 1200. The first kappa shape index (κ1) is 28.1. The summed E-state index contributed by atoms with van der Waals surface area (Å²) in [6, 6.07) is 3.35. The number of hydrogen-bond donors (Lipinski definition) is 0. The summed E-state index contributed by atoms with van der Waals surface area (Å²) in [4.78, 5) is 35.7. The van der Waals surface area contributed by atoms with Crippen molar-refractivity contribution in [3.63, 3.8) is 0 Å². The van der Waals surface area contributed by atoms with Crippen molar-refractivity contribution < 1.29 is 28.4 Å². The minimum Gasteiger partial charge on any atom is -0.443 e. The number of anilines is 2. The zero-order valence-corrected chi connectivity index (χ0v) is 22.9. The molecule has 1 fully saturated rings. The second kappa shape index (κ2) is 9.43. The molecule has 1 saturated heterocycles. The lowest BCUT2D eigenvalue weighted by Gasteiger charge is -2.32. The third-order valence-electron chi connectivity index (χ3n) is 5.57. The monoisotopic (exact) mass is 512 g/mol. The number of carbonyl (C=O) groups excluding carboxylic acids is 2. The molecule has 0 spiro atoms. The molecule has 0 unspecified atom stereocenters. The summed E-state index contributed by atoms with van der Waals surface area (Å²) in [5.41, 5.74) is -2.81. The third kappa shape index (κ3) is 6.26. The summed E-state index contributed by atoms with van der Waals surface area (Å²) in [7, 11) is -0.994. The lowest BCUT2D eigenvalue weighted by molar-refractivity contribution is 0.00578. The summed E-state index contributed by atoms with van der Waals surface area (Å²) < 4.78 is 24.4. The van der Waals surface area contributed by atoms with Crippen molar-refractivity contribution in [1.29, 1.82) is 5.26 Å². The van der Waals surface area contributed by atoms with Crippen LogP contribution in [0.1, 0.15) is 74.9 Å². The number of amides is 1. The van der Waals surface area contributed by atoms with E-state index in [-0.39, 0.29) is 22.9 Å². The fourth-order valence-electron chi connectivity index (χ4n) is 3.18. The average molecular weight is 512 g/mol. The van der Waals surface area contributed by atoms with Crippen LogP contribution in [-0.2, 0) is 18.8 Å². The van der Waals surface area contributed by atoms with Gasteiger partial charge >= 0.3 is 19.3 Å². The first-order chi connectivity index (χ1) is 16.8. The van der Waals surface area contributed by atoms with Gasteiger partial charge in [0.25, 0.3) is 0 Å². The van der Waals surface area contributed by atoms with Crippen LogP contribution in [-0.4, -0.2) is 61.5 Å². The van der Waals surface area contributed by atoms with E-state index in [2.05, 4.69) is 15.1 Å². The number of nitrogens with zero attached hydrogens (tertiary/aromatic N) is 6.